The fraction of sp³-hybridized carbons (Fsp3) is 0.200. The molecule has 118 valence electrons. The molecule has 0 amide bonds. The first kappa shape index (κ1) is 16.7. The van der Waals surface area contributed by atoms with Crippen LogP contribution in [0.2, 0.25) is 5.02 Å². The van der Waals surface area contributed by atoms with Crippen LogP contribution in [0.4, 0.5) is 4.39 Å². The fourth-order valence-electron chi connectivity index (χ4n) is 1.93. The quantitative estimate of drug-likeness (QED) is 0.877. The van der Waals surface area contributed by atoms with Crippen molar-refractivity contribution in [2.24, 2.45) is 0 Å². The zero-order valence-corrected chi connectivity index (χ0v) is 13.4. The zero-order chi connectivity index (χ0) is 16.2. The SMILES string of the molecule is COc1ccc(S(=O)(=O)NCCc2ccccc2F)c(Cl)c1. The van der Waals surface area contributed by atoms with Crippen LogP contribution < -0.4 is 9.46 Å². The van der Waals surface area contributed by atoms with E-state index < -0.39 is 10.0 Å². The fourth-order valence-corrected chi connectivity index (χ4v) is 3.49. The van der Waals surface area contributed by atoms with Crippen molar-refractivity contribution in [2.45, 2.75) is 11.3 Å². The molecule has 0 radical (unpaired) electrons. The van der Waals surface area contributed by atoms with Gasteiger partial charge in [-0.25, -0.2) is 17.5 Å². The van der Waals surface area contributed by atoms with Crippen LogP contribution in [0.5, 0.6) is 5.75 Å². The molecule has 0 bridgehead atoms. The minimum absolute atomic E-state index is 0.0384. The summed E-state index contributed by atoms with van der Waals surface area (Å²) in [6.07, 6.45) is 0.250. The van der Waals surface area contributed by atoms with Crippen LogP contribution >= 0.6 is 11.6 Å². The second-order valence-electron chi connectivity index (χ2n) is 4.54. The normalized spacial score (nSPS) is 11.4. The number of sulfonamides is 1. The highest BCUT2D eigenvalue weighted by Crippen LogP contribution is 2.25. The van der Waals surface area contributed by atoms with Crippen molar-refractivity contribution in [2.75, 3.05) is 13.7 Å². The standard InChI is InChI=1S/C15H15ClFNO3S/c1-21-12-6-7-15(13(16)10-12)22(19,20)18-9-8-11-4-2-3-5-14(11)17/h2-7,10,18H,8-9H2,1H3. The van der Waals surface area contributed by atoms with Crippen molar-refractivity contribution in [3.05, 3.63) is 58.9 Å². The van der Waals surface area contributed by atoms with Crippen molar-refractivity contribution in [3.63, 3.8) is 0 Å². The predicted octanol–water partition coefficient (Wildman–Crippen LogP) is 3.01. The Morgan fingerprint density at radius 3 is 2.59 bits per heavy atom. The number of hydrogen-bond donors (Lipinski definition) is 1. The van der Waals surface area contributed by atoms with E-state index in [1.807, 2.05) is 0 Å². The van der Waals surface area contributed by atoms with E-state index in [0.29, 0.717) is 11.3 Å². The summed E-state index contributed by atoms with van der Waals surface area (Å²) in [5.74, 6) is 0.111. The second-order valence-corrected chi connectivity index (χ2v) is 6.68. The topological polar surface area (TPSA) is 55.4 Å². The van der Waals surface area contributed by atoms with Gasteiger partial charge in [-0.05, 0) is 30.2 Å². The van der Waals surface area contributed by atoms with Crippen molar-refractivity contribution < 1.29 is 17.5 Å². The highest BCUT2D eigenvalue weighted by atomic mass is 35.5. The summed E-state index contributed by atoms with van der Waals surface area (Å²) >= 11 is 5.95. The number of methoxy groups -OCH3 is 1. The molecule has 1 N–H and O–H groups in total. The molecule has 2 aromatic carbocycles. The molecule has 0 saturated carbocycles. The molecule has 0 aliphatic carbocycles. The molecule has 0 unspecified atom stereocenters. The molecule has 0 saturated heterocycles. The molecule has 2 aromatic rings. The van der Waals surface area contributed by atoms with Crippen LogP contribution in [0.1, 0.15) is 5.56 Å². The molecule has 0 spiro atoms. The second kappa shape index (κ2) is 7.09. The Balaban J connectivity index is 2.07. The summed E-state index contributed by atoms with van der Waals surface area (Å²) in [6.45, 7) is 0.0750. The third kappa shape index (κ3) is 3.97. The lowest BCUT2D eigenvalue weighted by Crippen LogP contribution is -2.26. The van der Waals surface area contributed by atoms with Crippen LogP contribution in [0.25, 0.3) is 0 Å². The van der Waals surface area contributed by atoms with Crippen molar-refractivity contribution in [3.8, 4) is 5.75 Å². The molecule has 0 atom stereocenters. The van der Waals surface area contributed by atoms with Gasteiger partial charge in [0.1, 0.15) is 16.5 Å². The molecule has 0 aliphatic heterocycles. The Hall–Kier alpha value is -1.63. The van der Waals surface area contributed by atoms with Crippen LogP contribution in [-0.2, 0) is 16.4 Å². The Morgan fingerprint density at radius 2 is 1.95 bits per heavy atom. The molecule has 0 aliphatic rings. The number of halogens is 2. The molecule has 7 heteroatoms. The molecule has 0 heterocycles. The van der Waals surface area contributed by atoms with Crippen LogP contribution in [0.15, 0.2) is 47.4 Å². The van der Waals surface area contributed by atoms with Gasteiger partial charge in [-0.2, -0.15) is 0 Å². The average molecular weight is 344 g/mol. The third-order valence-corrected chi connectivity index (χ3v) is 5.02. The number of benzene rings is 2. The lowest BCUT2D eigenvalue weighted by molar-refractivity contribution is 0.414. The van der Waals surface area contributed by atoms with E-state index >= 15 is 0 Å². The average Bonchev–Trinajstić information content (AvgIpc) is 2.48. The number of rotatable bonds is 6. The Kier molecular flexibility index (Phi) is 5.39. The Bertz CT molecular complexity index is 765. The van der Waals surface area contributed by atoms with Crippen LogP contribution in [-0.4, -0.2) is 22.1 Å². The molecular formula is C15H15ClFNO3S. The van der Waals surface area contributed by atoms with Gasteiger partial charge in [0.2, 0.25) is 10.0 Å². The van der Waals surface area contributed by atoms with Gasteiger partial charge in [-0.3, -0.25) is 0 Å². The summed E-state index contributed by atoms with van der Waals surface area (Å²) in [5, 5.41) is 0.0674. The highest BCUT2D eigenvalue weighted by Gasteiger charge is 2.18. The molecule has 22 heavy (non-hydrogen) atoms. The number of nitrogens with one attached hydrogen (secondary N) is 1. The Labute approximate surface area is 133 Å². The summed E-state index contributed by atoms with van der Waals surface area (Å²) in [5.41, 5.74) is 0.450. The minimum Gasteiger partial charge on any atom is -0.497 e. The van der Waals surface area contributed by atoms with Gasteiger partial charge in [-0.15, -0.1) is 0 Å². The van der Waals surface area contributed by atoms with E-state index in [1.165, 1.54) is 31.4 Å². The van der Waals surface area contributed by atoms with Crippen molar-refractivity contribution in [1.82, 2.24) is 4.72 Å². The minimum atomic E-state index is -3.76. The van der Waals surface area contributed by atoms with E-state index in [2.05, 4.69) is 4.72 Å². The maximum atomic E-state index is 13.5. The van der Waals surface area contributed by atoms with Crippen LogP contribution in [0.3, 0.4) is 0 Å². The molecule has 4 nitrogen and oxygen atoms in total. The first-order valence-electron chi connectivity index (χ1n) is 6.50. The predicted molar refractivity (Wildman–Crippen MR) is 83.3 cm³/mol. The van der Waals surface area contributed by atoms with Gasteiger partial charge >= 0.3 is 0 Å². The van der Waals surface area contributed by atoms with Gasteiger partial charge in [0.15, 0.2) is 0 Å². The van der Waals surface area contributed by atoms with Gasteiger partial charge in [0.25, 0.3) is 0 Å². The molecule has 0 fully saturated rings. The van der Waals surface area contributed by atoms with E-state index in [1.54, 1.807) is 18.2 Å². The van der Waals surface area contributed by atoms with Crippen LogP contribution in [0, 0.1) is 5.82 Å². The summed E-state index contributed by atoms with van der Waals surface area (Å²) in [7, 11) is -2.29. The van der Waals surface area contributed by atoms with Gasteiger partial charge in [-0.1, -0.05) is 29.8 Å². The first-order chi connectivity index (χ1) is 10.4. The lowest BCUT2D eigenvalue weighted by atomic mass is 10.1. The molecule has 0 aromatic heterocycles. The number of ether oxygens (including phenoxy) is 1. The van der Waals surface area contributed by atoms with Crippen molar-refractivity contribution in [1.29, 1.82) is 0 Å². The Morgan fingerprint density at radius 1 is 1.23 bits per heavy atom. The maximum Gasteiger partial charge on any atom is 0.242 e. The lowest BCUT2D eigenvalue weighted by Gasteiger charge is -2.10. The van der Waals surface area contributed by atoms with Gasteiger partial charge in [0, 0.05) is 12.6 Å². The van der Waals surface area contributed by atoms with Gasteiger partial charge < -0.3 is 4.74 Å². The van der Waals surface area contributed by atoms with E-state index in [-0.39, 0.29) is 28.7 Å². The largest absolute Gasteiger partial charge is 0.497 e. The third-order valence-electron chi connectivity index (χ3n) is 3.07. The smallest absolute Gasteiger partial charge is 0.242 e. The number of hydrogen-bond acceptors (Lipinski definition) is 3. The summed E-state index contributed by atoms with van der Waals surface area (Å²) in [6, 6.07) is 10.5. The summed E-state index contributed by atoms with van der Waals surface area (Å²) in [4.78, 5) is -0.0384. The molecular weight excluding hydrogens is 329 g/mol. The zero-order valence-electron chi connectivity index (χ0n) is 11.8. The van der Waals surface area contributed by atoms with Crippen molar-refractivity contribution >= 4 is 21.6 Å². The first-order valence-corrected chi connectivity index (χ1v) is 8.37. The highest BCUT2D eigenvalue weighted by molar-refractivity contribution is 7.89. The summed E-state index contributed by atoms with van der Waals surface area (Å²) < 4.78 is 45.2. The monoisotopic (exact) mass is 343 g/mol. The van der Waals surface area contributed by atoms with E-state index in [0.717, 1.165) is 0 Å². The molecule has 2 rings (SSSR count). The van der Waals surface area contributed by atoms with E-state index in [9.17, 15) is 12.8 Å². The maximum absolute atomic E-state index is 13.5. The van der Waals surface area contributed by atoms with Gasteiger partial charge in [0.05, 0.1) is 12.1 Å². The van der Waals surface area contributed by atoms with E-state index in [4.69, 9.17) is 16.3 Å².